The number of fused-ring (bicyclic) bond motifs is 1. The second-order valence-corrected chi connectivity index (χ2v) is 10.2. The molecule has 0 radical (unpaired) electrons. The summed E-state index contributed by atoms with van der Waals surface area (Å²) in [6.45, 7) is 15.5. The van der Waals surface area contributed by atoms with E-state index in [1.54, 1.807) is 11.0 Å². The van der Waals surface area contributed by atoms with Crippen LogP contribution in [0.2, 0.25) is 0 Å². The highest BCUT2D eigenvalue weighted by atomic mass is 16.6. The monoisotopic (exact) mass is 448 g/mol. The molecule has 1 N–H and O–H groups in total. The number of hydrogen-bond acceptors (Lipinski definition) is 6. The lowest BCUT2D eigenvalue weighted by atomic mass is 9.66. The molecule has 8 heteroatoms. The van der Waals surface area contributed by atoms with Crippen LogP contribution in [0.4, 0.5) is 0 Å². The number of hydrogen-bond donors (Lipinski definition) is 1. The number of aliphatic hydroxyl groups is 1. The molecular weight excluding hydrogens is 412 g/mol. The van der Waals surface area contributed by atoms with Crippen LogP contribution in [0.15, 0.2) is 25.3 Å². The zero-order valence-electron chi connectivity index (χ0n) is 19.6. The van der Waals surface area contributed by atoms with Gasteiger partial charge in [0.15, 0.2) is 0 Å². The molecule has 3 heterocycles. The van der Waals surface area contributed by atoms with Gasteiger partial charge >= 0.3 is 5.97 Å². The van der Waals surface area contributed by atoms with Crippen molar-refractivity contribution >= 4 is 17.8 Å². The molecule has 3 fully saturated rings. The Morgan fingerprint density at radius 3 is 2.56 bits per heavy atom. The maximum absolute atomic E-state index is 14.0. The molecule has 8 nitrogen and oxygen atoms in total. The normalized spacial score (nSPS) is 33.2. The molecule has 3 aliphatic rings. The van der Waals surface area contributed by atoms with Gasteiger partial charge in [0.2, 0.25) is 11.8 Å². The van der Waals surface area contributed by atoms with Gasteiger partial charge in [-0.3, -0.25) is 14.4 Å². The van der Waals surface area contributed by atoms with E-state index in [-0.39, 0.29) is 31.6 Å². The van der Waals surface area contributed by atoms with Crippen LogP contribution >= 0.6 is 0 Å². The number of nitrogens with zero attached hydrogens (tertiary/aromatic N) is 2. The lowest BCUT2D eigenvalue weighted by Gasteiger charge is -2.42. The summed E-state index contributed by atoms with van der Waals surface area (Å²) >= 11 is 0. The molecule has 3 aliphatic heterocycles. The maximum atomic E-state index is 14.0. The van der Waals surface area contributed by atoms with Gasteiger partial charge in [0.05, 0.1) is 11.5 Å². The van der Waals surface area contributed by atoms with E-state index in [0.717, 1.165) is 0 Å². The highest BCUT2D eigenvalue weighted by Crippen LogP contribution is 2.63. The summed E-state index contributed by atoms with van der Waals surface area (Å²) in [5.74, 6) is -2.59. The van der Waals surface area contributed by atoms with E-state index in [1.807, 2.05) is 27.7 Å². The van der Waals surface area contributed by atoms with Gasteiger partial charge in [-0.1, -0.05) is 18.7 Å². The highest BCUT2D eigenvalue weighted by Gasteiger charge is 2.78. The van der Waals surface area contributed by atoms with Crippen LogP contribution < -0.4 is 0 Å². The Bertz CT molecular complexity index is 805. The molecule has 0 aromatic carbocycles. The van der Waals surface area contributed by atoms with Gasteiger partial charge in [-0.25, -0.2) is 0 Å². The minimum atomic E-state index is -1.10. The summed E-state index contributed by atoms with van der Waals surface area (Å²) in [7, 11) is 0. The summed E-state index contributed by atoms with van der Waals surface area (Å²) < 4.78 is 11.9. The van der Waals surface area contributed by atoms with Crippen LogP contribution in [-0.4, -0.2) is 81.8 Å². The molecule has 178 valence electrons. The molecule has 5 atom stereocenters. The molecule has 0 aromatic heterocycles. The number of carbonyl (C=O) groups is 3. The van der Waals surface area contributed by atoms with E-state index in [0.29, 0.717) is 25.8 Å². The number of ether oxygens (including phenoxy) is 2. The van der Waals surface area contributed by atoms with Gasteiger partial charge < -0.3 is 24.4 Å². The number of carbonyl (C=O) groups excluding carboxylic acids is 3. The lowest BCUT2D eigenvalue weighted by molar-refractivity contribution is -0.160. The topological polar surface area (TPSA) is 96.4 Å². The van der Waals surface area contributed by atoms with Crippen molar-refractivity contribution in [3.05, 3.63) is 25.3 Å². The van der Waals surface area contributed by atoms with Crippen LogP contribution in [0, 0.1) is 11.8 Å². The van der Waals surface area contributed by atoms with Crippen molar-refractivity contribution in [2.24, 2.45) is 11.8 Å². The molecule has 0 aliphatic carbocycles. The van der Waals surface area contributed by atoms with Crippen molar-refractivity contribution in [2.75, 3.05) is 26.3 Å². The average Bonchev–Trinajstić information content (AvgIpc) is 3.28. The van der Waals surface area contributed by atoms with E-state index in [2.05, 4.69) is 13.2 Å². The molecule has 32 heavy (non-hydrogen) atoms. The molecule has 2 bridgehead atoms. The van der Waals surface area contributed by atoms with Crippen molar-refractivity contribution in [3.63, 3.8) is 0 Å². The van der Waals surface area contributed by atoms with Gasteiger partial charge in [0, 0.05) is 25.2 Å². The molecule has 2 amide bonds. The van der Waals surface area contributed by atoms with Gasteiger partial charge in [-0.05, 0) is 47.0 Å². The second-order valence-electron chi connectivity index (χ2n) is 10.2. The number of esters is 1. The number of likely N-dealkylation sites (tertiary alicyclic amines) is 1. The van der Waals surface area contributed by atoms with Crippen LogP contribution in [0.3, 0.4) is 0 Å². The van der Waals surface area contributed by atoms with E-state index in [1.165, 1.54) is 11.0 Å². The molecule has 1 spiro atoms. The summed E-state index contributed by atoms with van der Waals surface area (Å²) in [6.07, 6.45) is 4.54. The zero-order valence-corrected chi connectivity index (χ0v) is 19.6. The fraction of sp³-hybridized carbons (Fsp3) is 0.708. The van der Waals surface area contributed by atoms with Crippen LogP contribution in [0.5, 0.6) is 0 Å². The third-order valence-electron chi connectivity index (χ3n) is 7.05. The second kappa shape index (κ2) is 8.63. The Kier molecular flexibility index (Phi) is 6.60. The molecule has 3 rings (SSSR count). The van der Waals surface area contributed by atoms with E-state index >= 15 is 0 Å². The first-order valence-corrected chi connectivity index (χ1v) is 11.3. The summed E-state index contributed by atoms with van der Waals surface area (Å²) in [6, 6.07) is -0.871. The number of aliphatic hydroxyl groups excluding tert-OH is 1. The van der Waals surface area contributed by atoms with Crippen LogP contribution in [0.25, 0.3) is 0 Å². The van der Waals surface area contributed by atoms with Crippen LogP contribution in [0.1, 0.15) is 47.0 Å². The van der Waals surface area contributed by atoms with Crippen molar-refractivity contribution in [1.82, 2.24) is 9.80 Å². The lowest BCUT2D eigenvalue weighted by Crippen LogP contribution is -2.60. The Morgan fingerprint density at radius 1 is 1.31 bits per heavy atom. The maximum Gasteiger partial charge on any atom is 0.313 e. The van der Waals surface area contributed by atoms with E-state index < -0.39 is 40.6 Å². The van der Waals surface area contributed by atoms with Gasteiger partial charge in [-0.15, -0.1) is 6.58 Å². The summed E-state index contributed by atoms with van der Waals surface area (Å²) in [5.41, 5.74) is -2.47. The van der Waals surface area contributed by atoms with Crippen LogP contribution in [-0.2, 0) is 23.9 Å². The first-order valence-electron chi connectivity index (χ1n) is 11.3. The predicted molar refractivity (Wildman–Crippen MR) is 118 cm³/mol. The fourth-order valence-electron chi connectivity index (χ4n) is 5.75. The van der Waals surface area contributed by atoms with Crippen molar-refractivity contribution < 1.29 is 29.0 Å². The quantitative estimate of drug-likeness (QED) is 0.426. The predicted octanol–water partition coefficient (Wildman–Crippen LogP) is 1.68. The third-order valence-corrected chi connectivity index (χ3v) is 7.05. The van der Waals surface area contributed by atoms with E-state index in [9.17, 15) is 19.5 Å². The first kappa shape index (κ1) is 24.5. The fourth-order valence-corrected chi connectivity index (χ4v) is 5.75. The largest absolute Gasteiger partial charge is 0.461 e. The molecule has 3 saturated heterocycles. The Labute approximate surface area is 190 Å². The standard InChI is InChI=1S/C24H36N2O6/c1-7-12-26(22(3,4)5)20(29)18-24-11-10-23(6,32-24)17(21(30)31-15-8-2)16(24)19(28)25(18)13-9-14-27/h7-8,16-18,27H,1-2,9-15H2,3-6H3/t16-,17+,18?,23-,24?/m0/s1. The first-order chi connectivity index (χ1) is 15.0. The summed E-state index contributed by atoms with van der Waals surface area (Å²) in [5, 5.41) is 9.41. The third kappa shape index (κ3) is 3.67. The van der Waals surface area contributed by atoms with Crippen molar-refractivity contribution in [1.29, 1.82) is 0 Å². The van der Waals surface area contributed by atoms with Gasteiger partial charge in [0.1, 0.15) is 24.2 Å². The minimum Gasteiger partial charge on any atom is -0.461 e. The van der Waals surface area contributed by atoms with Gasteiger partial charge in [-0.2, -0.15) is 0 Å². The number of amides is 2. The van der Waals surface area contributed by atoms with Crippen molar-refractivity contribution in [3.8, 4) is 0 Å². The number of rotatable bonds is 9. The SMILES string of the molecule is C=CCOC(=O)[C@H]1[C@H]2C(=O)N(CCCO)C(C(=O)N(CC=C)C(C)(C)C)C23CC[C@]1(C)O3. The molecule has 0 aromatic rings. The Hall–Kier alpha value is -2.19. The average molecular weight is 449 g/mol. The van der Waals surface area contributed by atoms with Crippen molar-refractivity contribution in [2.45, 2.75) is 69.7 Å². The Balaban J connectivity index is 2.07. The summed E-state index contributed by atoms with van der Waals surface area (Å²) in [4.78, 5) is 43.9. The minimum absolute atomic E-state index is 0.0487. The zero-order chi connectivity index (χ0) is 23.9. The highest BCUT2D eigenvalue weighted by molar-refractivity contribution is 5.98. The Morgan fingerprint density at radius 2 is 2.00 bits per heavy atom. The molecular formula is C24H36N2O6. The molecule has 2 unspecified atom stereocenters. The van der Waals surface area contributed by atoms with Gasteiger partial charge in [0.25, 0.3) is 0 Å². The molecule has 0 saturated carbocycles. The van der Waals surface area contributed by atoms with E-state index in [4.69, 9.17) is 9.47 Å². The smallest absolute Gasteiger partial charge is 0.313 e.